The summed E-state index contributed by atoms with van der Waals surface area (Å²) < 4.78 is 16.3. The molecule has 1 heterocycles. The Balaban J connectivity index is 1.52. The van der Waals surface area contributed by atoms with E-state index in [2.05, 4.69) is 0 Å². The fourth-order valence-electron chi connectivity index (χ4n) is 4.50. The Morgan fingerprint density at radius 1 is 1.13 bits per heavy atom. The third-order valence-corrected chi connectivity index (χ3v) is 5.86. The summed E-state index contributed by atoms with van der Waals surface area (Å²) in [5.74, 6) is 1.26. The van der Waals surface area contributed by atoms with Crippen molar-refractivity contribution in [3.63, 3.8) is 0 Å². The van der Waals surface area contributed by atoms with E-state index in [0.717, 1.165) is 24.9 Å². The third kappa shape index (κ3) is 5.77. The van der Waals surface area contributed by atoms with E-state index in [0.29, 0.717) is 23.5 Å². The summed E-state index contributed by atoms with van der Waals surface area (Å²) >= 11 is 0. The zero-order chi connectivity index (χ0) is 21.5. The minimum atomic E-state index is -0.526. The Hall–Kier alpha value is -2.50. The third-order valence-electron chi connectivity index (χ3n) is 5.86. The highest BCUT2D eigenvalue weighted by atomic mass is 16.5. The molecule has 1 amide bonds. The van der Waals surface area contributed by atoms with Gasteiger partial charge in [0.25, 0.3) is 5.91 Å². The van der Waals surface area contributed by atoms with Crippen LogP contribution in [0.25, 0.3) is 6.08 Å². The maximum atomic E-state index is 12.6. The predicted octanol–water partition coefficient (Wildman–Crippen LogP) is 4.22. The lowest BCUT2D eigenvalue weighted by atomic mass is 9.78. The molecule has 30 heavy (non-hydrogen) atoms. The van der Waals surface area contributed by atoms with Gasteiger partial charge in [0.1, 0.15) is 0 Å². The molecule has 0 radical (unpaired) electrons. The molecule has 164 valence electrons. The molecule has 0 N–H and O–H groups in total. The van der Waals surface area contributed by atoms with Gasteiger partial charge >= 0.3 is 5.97 Å². The van der Waals surface area contributed by atoms with Crippen molar-refractivity contribution in [1.29, 1.82) is 0 Å². The predicted molar refractivity (Wildman–Crippen MR) is 115 cm³/mol. The summed E-state index contributed by atoms with van der Waals surface area (Å²) in [6.45, 7) is 4.47. The van der Waals surface area contributed by atoms with Gasteiger partial charge in [-0.25, -0.2) is 4.79 Å². The van der Waals surface area contributed by atoms with Gasteiger partial charge in [0.05, 0.1) is 13.2 Å². The highest BCUT2D eigenvalue weighted by molar-refractivity contribution is 5.89. The van der Waals surface area contributed by atoms with Crippen molar-refractivity contribution in [2.45, 2.75) is 64.5 Å². The lowest BCUT2D eigenvalue weighted by molar-refractivity contribution is -0.151. The van der Waals surface area contributed by atoms with Crippen LogP contribution in [-0.2, 0) is 14.3 Å². The summed E-state index contributed by atoms with van der Waals surface area (Å²) in [5, 5.41) is 0. The number of benzene rings is 1. The van der Waals surface area contributed by atoms with Crippen LogP contribution in [0.4, 0.5) is 0 Å². The van der Waals surface area contributed by atoms with Crippen LogP contribution >= 0.6 is 0 Å². The van der Waals surface area contributed by atoms with Crippen LogP contribution in [0.15, 0.2) is 24.3 Å². The second-order valence-electron chi connectivity index (χ2n) is 8.36. The van der Waals surface area contributed by atoms with E-state index < -0.39 is 5.97 Å². The number of amides is 1. The highest BCUT2D eigenvalue weighted by Crippen LogP contribution is 2.35. The highest BCUT2D eigenvalue weighted by Gasteiger charge is 2.35. The number of esters is 1. The monoisotopic (exact) mass is 415 g/mol. The number of methoxy groups -OCH3 is 1. The van der Waals surface area contributed by atoms with Crippen molar-refractivity contribution < 1.29 is 23.8 Å². The van der Waals surface area contributed by atoms with E-state index in [9.17, 15) is 9.59 Å². The van der Waals surface area contributed by atoms with Crippen LogP contribution in [0.1, 0.15) is 57.9 Å². The first-order valence-electron chi connectivity index (χ1n) is 11.0. The molecule has 1 saturated heterocycles. The van der Waals surface area contributed by atoms with Gasteiger partial charge in [0, 0.05) is 18.7 Å². The molecule has 0 spiro atoms. The lowest BCUT2D eigenvalue weighted by Crippen LogP contribution is -2.50. The summed E-state index contributed by atoms with van der Waals surface area (Å²) in [5.41, 5.74) is 0.785. The summed E-state index contributed by atoms with van der Waals surface area (Å²) in [6.07, 6.45) is 9.99. The number of likely N-dealkylation sites (tertiary alicyclic amines) is 1. The largest absolute Gasteiger partial charge is 0.493 e. The molecule has 1 saturated carbocycles. The van der Waals surface area contributed by atoms with Crippen LogP contribution in [-0.4, -0.2) is 49.2 Å². The number of hydrogen-bond donors (Lipinski definition) is 0. The van der Waals surface area contributed by atoms with Crippen molar-refractivity contribution in [3.8, 4) is 11.5 Å². The second-order valence-corrected chi connectivity index (χ2v) is 8.36. The smallest absolute Gasteiger partial charge is 0.331 e. The Labute approximate surface area is 179 Å². The Bertz CT molecular complexity index is 771. The van der Waals surface area contributed by atoms with Gasteiger partial charge in [-0.15, -0.1) is 0 Å². The van der Waals surface area contributed by atoms with Gasteiger partial charge in [0.15, 0.2) is 18.1 Å². The molecule has 1 aromatic rings. The average Bonchev–Trinajstić information content (AvgIpc) is 2.75. The van der Waals surface area contributed by atoms with Gasteiger partial charge in [-0.1, -0.05) is 18.9 Å². The number of hydrogen-bond acceptors (Lipinski definition) is 5. The van der Waals surface area contributed by atoms with Gasteiger partial charge < -0.3 is 19.1 Å². The van der Waals surface area contributed by atoms with E-state index in [-0.39, 0.29) is 18.6 Å². The number of carbonyl (C=O) groups is 2. The summed E-state index contributed by atoms with van der Waals surface area (Å²) in [6, 6.07) is 5.77. The zero-order valence-electron chi connectivity index (χ0n) is 18.3. The van der Waals surface area contributed by atoms with Crippen molar-refractivity contribution in [3.05, 3.63) is 29.8 Å². The van der Waals surface area contributed by atoms with Crippen LogP contribution in [0.2, 0.25) is 0 Å². The van der Waals surface area contributed by atoms with Gasteiger partial charge in [-0.3, -0.25) is 4.79 Å². The van der Waals surface area contributed by atoms with E-state index in [4.69, 9.17) is 14.2 Å². The Morgan fingerprint density at radius 3 is 2.67 bits per heavy atom. The lowest BCUT2D eigenvalue weighted by Gasteiger charge is -2.44. The first kappa shape index (κ1) is 22.2. The zero-order valence-corrected chi connectivity index (χ0v) is 18.3. The van der Waals surface area contributed by atoms with Crippen molar-refractivity contribution in [2.75, 3.05) is 20.3 Å². The minimum Gasteiger partial charge on any atom is -0.493 e. The molecule has 6 nitrogen and oxygen atoms in total. The molecule has 1 aromatic carbocycles. The number of fused-ring (bicyclic) bond motifs is 1. The SMILES string of the molecule is COc1cc(/C=C/C(=O)OCC(=O)N2CCC[C@@H]3CCCC[C@@H]32)ccc1OC(C)C. The van der Waals surface area contributed by atoms with Crippen molar-refractivity contribution in [1.82, 2.24) is 4.90 Å². The van der Waals surface area contributed by atoms with Crippen molar-refractivity contribution in [2.24, 2.45) is 5.92 Å². The molecule has 3 rings (SSSR count). The van der Waals surface area contributed by atoms with Crippen LogP contribution in [0.3, 0.4) is 0 Å². The van der Waals surface area contributed by atoms with Crippen LogP contribution in [0, 0.1) is 5.92 Å². The normalized spacial score (nSPS) is 21.4. The van der Waals surface area contributed by atoms with E-state index in [1.54, 1.807) is 19.3 Å². The number of rotatable bonds is 7. The van der Waals surface area contributed by atoms with E-state index in [1.165, 1.54) is 31.8 Å². The van der Waals surface area contributed by atoms with Crippen LogP contribution in [0.5, 0.6) is 11.5 Å². The number of nitrogens with zero attached hydrogens (tertiary/aromatic N) is 1. The standard InChI is InChI=1S/C24H33NO5/c1-17(2)30-21-12-10-18(15-22(21)28-3)11-13-24(27)29-16-23(26)25-14-6-8-19-7-4-5-9-20(19)25/h10-13,15,17,19-20H,4-9,14,16H2,1-3H3/b13-11+/t19-,20-/m0/s1. The van der Waals surface area contributed by atoms with Crippen LogP contribution < -0.4 is 9.47 Å². The summed E-state index contributed by atoms with van der Waals surface area (Å²) in [7, 11) is 1.58. The molecular weight excluding hydrogens is 382 g/mol. The molecule has 1 aliphatic heterocycles. The van der Waals surface area contributed by atoms with Crippen molar-refractivity contribution >= 4 is 18.0 Å². The molecular formula is C24H33NO5. The molecule has 0 unspecified atom stereocenters. The number of carbonyl (C=O) groups excluding carboxylic acids is 2. The van der Waals surface area contributed by atoms with Gasteiger partial charge in [0.2, 0.25) is 0 Å². The Kier molecular flexibility index (Phi) is 7.77. The quantitative estimate of drug-likeness (QED) is 0.493. The van der Waals surface area contributed by atoms with Gasteiger partial charge in [-0.2, -0.15) is 0 Å². The van der Waals surface area contributed by atoms with E-state index >= 15 is 0 Å². The first-order valence-corrected chi connectivity index (χ1v) is 11.0. The maximum absolute atomic E-state index is 12.6. The molecule has 2 aliphatic rings. The molecule has 0 aromatic heterocycles. The number of piperidine rings is 1. The molecule has 2 atom stereocenters. The first-order chi connectivity index (χ1) is 14.5. The Morgan fingerprint density at radius 2 is 1.90 bits per heavy atom. The second kappa shape index (κ2) is 10.5. The fraction of sp³-hybridized carbons (Fsp3) is 0.583. The van der Waals surface area contributed by atoms with E-state index in [1.807, 2.05) is 30.9 Å². The molecule has 1 aliphatic carbocycles. The fourth-order valence-corrected chi connectivity index (χ4v) is 4.50. The maximum Gasteiger partial charge on any atom is 0.331 e. The summed E-state index contributed by atoms with van der Waals surface area (Å²) in [4.78, 5) is 26.7. The average molecular weight is 416 g/mol. The number of ether oxygens (including phenoxy) is 3. The minimum absolute atomic E-state index is 0.0385. The molecule has 2 fully saturated rings. The topological polar surface area (TPSA) is 65.1 Å². The van der Waals surface area contributed by atoms with Gasteiger partial charge in [-0.05, 0) is 69.2 Å². The molecule has 6 heteroatoms. The molecule has 0 bridgehead atoms.